The molecule has 1 amide bonds. The summed E-state index contributed by atoms with van der Waals surface area (Å²) in [5.41, 5.74) is 2.05. The van der Waals surface area contributed by atoms with Gasteiger partial charge in [-0.3, -0.25) is 9.10 Å². The Hall–Kier alpha value is -3.32. The summed E-state index contributed by atoms with van der Waals surface area (Å²) in [7, 11) is -3.85. The number of hydrogen-bond donors (Lipinski definition) is 1. The molecule has 7 heteroatoms. The van der Waals surface area contributed by atoms with E-state index in [1.807, 2.05) is 25.1 Å². The summed E-state index contributed by atoms with van der Waals surface area (Å²) in [6, 6.07) is 22.4. The van der Waals surface area contributed by atoms with Crippen molar-refractivity contribution in [1.29, 1.82) is 0 Å². The maximum absolute atomic E-state index is 13.3. The van der Waals surface area contributed by atoms with E-state index in [4.69, 9.17) is 4.74 Å². The molecule has 0 radical (unpaired) electrons. The van der Waals surface area contributed by atoms with Crippen LogP contribution in [0.5, 0.6) is 5.75 Å². The number of amides is 1. The first kappa shape index (κ1) is 19.0. The Morgan fingerprint density at radius 3 is 2.48 bits per heavy atom. The van der Waals surface area contributed by atoms with Crippen LogP contribution in [0.15, 0.2) is 83.8 Å². The van der Waals surface area contributed by atoms with Gasteiger partial charge in [-0.05, 0) is 48.9 Å². The topological polar surface area (TPSA) is 75.7 Å². The molecule has 148 valence electrons. The number of ether oxygens (including phenoxy) is 1. The molecule has 4 rings (SSSR count). The van der Waals surface area contributed by atoms with Crippen molar-refractivity contribution in [3.8, 4) is 5.75 Å². The monoisotopic (exact) mass is 408 g/mol. The van der Waals surface area contributed by atoms with Crippen LogP contribution in [0, 0.1) is 6.92 Å². The Kier molecular flexibility index (Phi) is 4.98. The second kappa shape index (κ2) is 7.60. The van der Waals surface area contributed by atoms with Crippen LogP contribution >= 0.6 is 0 Å². The van der Waals surface area contributed by atoms with Crippen LogP contribution in [0.1, 0.15) is 5.56 Å². The first-order chi connectivity index (χ1) is 13.9. The van der Waals surface area contributed by atoms with E-state index in [0.29, 0.717) is 17.1 Å². The van der Waals surface area contributed by atoms with E-state index >= 15 is 0 Å². The molecule has 6 nitrogen and oxygen atoms in total. The first-order valence-corrected chi connectivity index (χ1v) is 10.6. The van der Waals surface area contributed by atoms with Crippen LogP contribution in [-0.2, 0) is 14.8 Å². The minimum absolute atomic E-state index is 0.119. The number of fused-ring (bicyclic) bond motifs is 1. The summed E-state index contributed by atoms with van der Waals surface area (Å²) in [6.45, 7) is 1.81. The average molecular weight is 408 g/mol. The van der Waals surface area contributed by atoms with Crippen LogP contribution in [0.3, 0.4) is 0 Å². The molecule has 1 N–H and O–H groups in total. The van der Waals surface area contributed by atoms with Crippen molar-refractivity contribution in [2.45, 2.75) is 17.9 Å². The molecule has 1 atom stereocenters. The Bertz CT molecular complexity index is 1150. The van der Waals surface area contributed by atoms with Gasteiger partial charge in [0.25, 0.3) is 15.9 Å². The number of para-hydroxylation sites is 2. The predicted molar refractivity (Wildman–Crippen MR) is 112 cm³/mol. The largest absolute Gasteiger partial charge is 0.476 e. The average Bonchev–Trinajstić information content (AvgIpc) is 2.73. The number of carbonyl (C=O) groups excluding carboxylic acids is 1. The van der Waals surface area contributed by atoms with E-state index in [1.165, 1.54) is 16.4 Å². The summed E-state index contributed by atoms with van der Waals surface area (Å²) in [6.07, 6.45) is -0.983. The van der Waals surface area contributed by atoms with Gasteiger partial charge in [-0.25, -0.2) is 8.42 Å². The van der Waals surface area contributed by atoms with E-state index in [0.717, 1.165) is 5.56 Å². The molecule has 3 aromatic rings. The zero-order valence-corrected chi connectivity index (χ0v) is 16.6. The third kappa shape index (κ3) is 3.82. The molecule has 29 heavy (non-hydrogen) atoms. The van der Waals surface area contributed by atoms with Crippen LogP contribution in [0.25, 0.3) is 0 Å². The highest BCUT2D eigenvalue weighted by Gasteiger charge is 2.37. The van der Waals surface area contributed by atoms with Crippen LogP contribution < -0.4 is 14.4 Å². The lowest BCUT2D eigenvalue weighted by Crippen LogP contribution is -2.48. The van der Waals surface area contributed by atoms with E-state index in [9.17, 15) is 13.2 Å². The smallest absolute Gasteiger partial charge is 0.267 e. The van der Waals surface area contributed by atoms with Gasteiger partial charge >= 0.3 is 0 Å². The van der Waals surface area contributed by atoms with Gasteiger partial charge in [0.05, 0.1) is 17.1 Å². The van der Waals surface area contributed by atoms with Gasteiger partial charge in [-0.15, -0.1) is 0 Å². The number of nitrogens with zero attached hydrogens (tertiary/aromatic N) is 1. The number of aryl methyl sites for hydroxylation is 1. The molecule has 0 fully saturated rings. The van der Waals surface area contributed by atoms with Crippen LogP contribution in [-0.4, -0.2) is 27.0 Å². The lowest BCUT2D eigenvalue weighted by molar-refractivity contribution is -0.122. The summed E-state index contributed by atoms with van der Waals surface area (Å²) < 4.78 is 33.6. The molecule has 0 saturated carbocycles. The number of benzene rings is 3. The van der Waals surface area contributed by atoms with Gasteiger partial charge in [0.1, 0.15) is 5.75 Å². The van der Waals surface area contributed by atoms with Gasteiger partial charge in [-0.1, -0.05) is 42.5 Å². The summed E-state index contributed by atoms with van der Waals surface area (Å²) in [4.78, 5) is 13.0. The molecular formula is C22H20N2O4S. The van der Waals surface area contributed by atoms with Gasteiger partial charge < -0.3 is 10.1 Å². The van der Waals surface area contributed by atoms with Crippen molar-refractivity contribution in [2.75, 3.05) is 16.2 Å². The minimum Gasteiger partial charge on any atom is -0.476 e. The highest BCUT2D eigenvalue weighted by molar-refractivity contribution is 7.92. The lowest BCUT2D eigenvalue weighted by Gasteiger charge is -2.34. The second-order valence-corrected chi connectivity index (χ2v) is 8.64. The molecule has 0 bridgehead atoms. The number of carbonyl (C=O) groups is 1. The van der Waals surface area contributed by atoms with E-state index in [1.54, 1.807) is 48.5 Å². The fourth-order valence-corrected chi connectivity index (χ4v) is 4.73. The van der Waals surface area contributed by atoms with Gasteiger partial charge in [0.15, 0.2) is 6.10 Å². The third-order valence-corrected chi connectivity index (χ3v) is 6.44. The lowest BCUT2D eigenvalue weighted by atomic mass is 10.2. The molecular weight excluding hydrogens is 388 g/mol. The SMILES string of the molecule is Cc1cccc(NC(=O)[C@H]2CN(S(=O)(=O)c3ccccc3)c3ccccc3O2)c1. The van der Waals surface area contributed by atoms with Gasteiger partial charge in [0.2, 0.25) is 0 Å². The van der Waals surface area contributed by atoms with E-state index in [2.05, 4.69) is 5.32 Å². The molecule has 1 aliphatic heterocycles. The summed E-state index contributed by atoms with van der Waals surface area (Å²) >= 11 is 0. The van der Waals surface area contributed by atoms with Crippen molar-refractivity contribution in [3.63, 3.8) is 0 Å². The van der Waals surface area contributed by atoms with Crippen molar-refractivity contribution >= 4 is 27.3 Å². The van der Waals surface area contributed by atoms with Gasteiger partial charge in [0, 0.05) is 5.69 Å². The number of rotatable bonds is 4. The van der Waals surface area contributed by atoms with Crippen molar-refractivity contribution in [2.24, 2.45) is 0 Å². The maximum atomic E-state index is 13.3. The summed E-state index contributed by atoms with van der Waals surface area (Å²) in [5.74, 6) is -0.0546. The Balaban J connectivity index is 1.67. The zero-order chi connectivity index (χ0) is 20.4. The molecule has 0 aromatic heterocycles. The number of anilines is 2. The standard InChI is InChI=1S/C22H20N2O4S/c1-16-8-7-9-17(14-16)23-22(25)21-15-24(19-12-5-6-13-20(19)28-21)29(26,27)18-10-3-2-4-11-18/h2-14,21H,15H2,1H3,(H,23,25)/t21-/m1/s1. The minimum atomic E-state index is -3.85. The summed E-state index contributed by atoms with van der Waals surface area (Å²) in [5, 5.41) is 2.81. The zero-order valence-electron chi connectivity index (χ0n) is 15.8. The predicted octanol–water partition coefficient (Wildman–Crippen LogP) is 3.59. The van der Waals surface area contributed by atoms with Crippen molar-refractivity contribution in [3.05, 3.63) is 84.4 Å². The van der Waals surface area contributed by atoms with Crippen molar-refractivity contribution in [1.82, 2.24) is 0 Å². The Morgan fingerprint density at radius 2 is 1.72 bits per heavy atom. The molecule has 0 unspecified atom stereocenters. The maximum Gasteiger partial charge on any atom is 0.267 e. The van der Waals surface area contributed by atoms with E-state index in [-0.39, 0.29) is 11.4 Å². The normalized spacial score (nSPS) is 15.9. The molecule has 3 aromatic carbocycles. The van der Waals surface area contributed by atoms with E-state index < -0.39 is 22.0 Å². The first-order valence-electron chi connectivity index (χ1n) is 9.16. The number of hydrogen-bond acceptors (Lipinski definition) is 4. The van der Waals surface area contributed by atoms with Crippen LogP contribution in [0.2, 0.25) is 0 Å². The number of nitrogens with one attached hydrogen (secondary N) is 1. The van der Waals surface area contributed by atoms with Crippen LogP contribution in [0.4, 0.5) is 11.4 Å². The fourth-order valence-electron chi connectivity index (χ4n) is 3.23. The third-order valence-electron chi connectivity index (χ3n) is 4.64. The Morgan fingerprint density at radius 1 is 1.00 bits per heavy atom. The molecule has 0 saturated heterocycles. The van der Waals surface area contributed by atoms with Gasteiger partial charge in [-0.2, -0.15) is 0 Å². The number of sulfonamides is 1. The van der Waals surface area contributed by atoms with Crippen molar-refractivity contribution < 1.29 is 17.9 Å². The quantitative estimate of drug-likeness (QED) is 0.716. The molecule has 1 heterocycles. The second-order valence-electron chi connectivity index (χ2n) is 6.78. The molecule has 0 aliphatic carbocycles. The highest BCUT2D eigenvalue weighted by Crippen LogP contribution is 2.36. The highest BCUT2D eigenvalue weighted by atomic mass is 32.2. The molecule has 0 spiro atoms. The Labute approximate surface area is 169 Å². The molecule has 1 aliphatic rings. The fraction of sp³-hybridized carbons (Fsp3) is 0.136.